The highest BCUT2D eigenvalue weighted by Crippen LogP contribution is 2.41. The molecule has 0 unspecified atom stereocenters. The Morgan fingerprint density at radius 3 is 1.40 bits per heavy atom. The second-order valence-electron chi connectivity index (χ2n) is 14.4. The van der Waals surface area contributed by atoms with Gasteiger partial charge in [-0.05, 0) is 59.7 Å². The first-order valence-corrected chi connectivity index (χ1v) is 19.0. The largest absolute Gasteiger partial charge is 0.455 e. The molecular formula is C51H30N4O2. The Labute approximate surface area is 325 Å². The minimum atomic E-state index is 0.559. The zero-order valence-electron chi connectivity index (χ0n) is 30.4. The standard InChI is InChI=1S/C51H30N4O2/c1-3-13-31(14-4-1)49-52-50(32-15-5-2-6-16-32)54-51(53-49)41-21-11-19-39-37-27-25-33(29-45(37)56-47(39)41)34-26-28-38-40-20-12-24-44(48(40)57-46(38)30-34)55-42-22-9-7-17-35(42)36-18-8-10-23-43(36)55/h1-30H. The number of nitrogens with zero attached hydrogens (tertiary/aromatic N) is 4. The van der Waals surface area contributed by atoms with Crippen molar-refractivity contribution >= 4 is 65.7 Å². The zero-order chi connectivity index (χ0) is 37.5. The summed E-state index contributed by atoms with van der Waals surface area (Å²) >= 11 is 0. The van der Waals surface area contributed by atoms with Gasteiger partial charge in [0.1, 0.15) is 16.7 Å². The average molecular weight is 731 g/mol. The molecule has 6 nitrogen and oxygen atoms in total. The van der Waals surface area contributed by atoms with Gasteiger partial charge >= 0.3 is 0 Å². The maximum absolute atomic E-state index is 6.79. The van der Waals surface area contributed by atoms with Gasteiger partial charge in [-0.3, -0.25) is 0 Å². The molecule has 0 spiro atoms. The zero-order valence-corrected chi connectivity index (χ0v) is 30.4. The fourth-order valence-electron chi connectivity index (χ4n) is 8.40. The number of aromatic nitrogens is 4. The third-order valence-corrected chi connectivity index (χ3v) is 11.1. The summed E-state index contributed by atoms with van der Waals surface area (Å²) in [7, 11) is 0. The van der Waals surface area contributed by atoms with Crippen LogP contribution in [0.2, 0.25) is 0 Å². The number of para-hydroxylation sites is 4. The highest BCUT2D eigenvalue weighted by molar-refractivity contribution is 6.13. The van der Waals surface area contributed by atoms with Crippen molar-refractivity contribution in [3.05, 3.63) is 182 Å². The van der Waals surface area contributed by atoms with Crippen molar-refractivity contribution in [1.82, 2.24) is 19.5 Å². The second-order valence-corrected chi connectivity index (χ2v) is 14.4. The number of benzene rings is 8. The van der Waals surface area contributed by atoms with E-state index in [0.717, 1.165) is 88.4 Å². The van der Waals surface area contributed by atoms with E-state index in [0.29, 0.717) is 17.5 Å². The average Bonchev–Trinajstić information content (AvgIpc) is 3.96. The molecule has 0 atom stereocenters. The Morgan fingerprint density at radius 2 is 0.807 bits per heavy atom. The number of fused-ring (bicyclic) bond motifs is 9. The molecule has 0 aliphatic carbocycles. The molecule has 4 heterocycles. The molecular weight excluding hydrogens is 701 g/mol. The molecule has 0 amide bonds. The first-order valence-electron chi connectivity index (χ1n) is 19.0. The highest BCUT2D eigenvalue weighted by atomic mass is 16.3. The summed E-state index contributed by atoms with van der Waals surface area (Å²) < 4.78 is 15.8. The quantitative estimate of drug-likeness (QED) is 0.176. The Kier molecular flexibility index (Phi) is 6.83. The van der Waals surface area contributed by atoms with Gasteiger partial charge in [0.05, 0.1) is 22.3 Å². The minimum Gasteiger partial charge on any atom is -0.455 e. The van der Waals surface area contributed by atoms with Crippen LogP contribution in [-0.2, 0) is 0 Å². The first kappa shape index (κ1) is 31.5. The SMILES string of the molecule is c1ccc(-c2nc(-c3ccccc3)nc(-c3cccc4c3oc3cc(-c5ccc6c(c5)oc5c(-n7c8ccccc8c8ccccc87)cccc56)ccc34)n2)cc1. The molecule has 0 aliphatic rings. The Bertz CT molecular complexity index is 3410. The lowest BCUT2D eigenvalue weighted by Crippen LogP contribution is -2.00. The first-order chi connectivity index (χ1) is 28.2. The van der Waals surface area contributed by atoms with Gasteiger partial charge in [0.25, 0.3) is 0 Å². The molecule has 57 heavy (non-hydrogen) atoms. The van der Waals surface area contributed by atoms with Crippen molar-refractivity contribution in [2.24, 2.45) is 0 Å². The van der Waals surface area contributed by atoms with E-state index in [1.807, 2.05) is 72.8 Å². The molecule has 266 valence electrons. The van der Waals surface area contributed by atoms with Gasteiger partial charge in [0.2, 0.25) is 0 Å². The summed E-state index contributed by atoms with van der Waals surface area (Å²) in [5.74, 6) is 1.78. The van der Waals surface area contributed by atoms with Crippen LogP contribution in [0.15, 0.2) is 191 Å². The molecule has 0 saturated heterocycles. The summed E-state index contributed by atoms with van der Waals surface area (Å²) in [6.07, 6.45) is 0. The van der Waals surface area contributed by atoms with Crippen LogP contribution in [0.3, 0.4) is 0 Å². The molecule has 0 aliphatic heterocycles. The van der Waals surface area contributed by atoms with E-state index in [1.54, 1.807) is 0 Å². The Hall–Kier alpha value is -7.83. The number of hydrogen-bond acceptors (Lipinski definition) is 5. The lowest BCUT2D eigenvalue weighted by atomic mass is 10.0. The van der Waals surface area contributed by atoms with Gasteiger partial charge in [0.15, 0.2) is 23.1 Å². The van der Waals surface area contributed by atoms with Crippen LogP contribution < -0.4 is 0 Å². The van der Waals surface area contributed by atoms with E-state index in [-0.39, 0.29) is 0 Å². The van der Waals surface area contributed by atoms with E-state index >= 15 is 0 Å². The van der Waals surface area contributed by atoms with E-state index in [1.165, 1.54) is 10.8 Å². The molecule has 6 heteroatoms. The molecule has 0 bridgehead atoms. The van der Waals surface area contributed by atoms with Crippen LogP contribution in [-0.4, -0.2) is 19.5 Å². The molecule has 0 radical (unpaired) electrons. The number of rotatable bonds is 5. The van der Waals surface area contributed by atoms with Crippen LogP contribution in [0.4, 0.5) is 0 Å². The molecule has 8 aromatic carbocycles. The van der Waals surface area contributed by atoms with Crippen molar-refractivity contribution in [3.63, 3.8) is 0 Å². The fourth-order valence-corrected chi connectivity index (χ4v) is 8.40. The van der Waals surface area contributed by atoms with Crippen LogP contribution in [0, 0.1) is 0 Å². The van der Waals surface area contributed by atoms with E-state index in [4.69, 9.17) is 23.8 Å². The van der Waals surface area contributed by atoms with Crippen LogP contribution in [0.25, 0.3) is 117 Å². The lowest BCUT2D eigenvalue weighted by molar-refractivity contribution is 0.666. The summed E-state index contributed by atoms with van der Waals surface area (Å²) in [5.41, 5.74) is 11.3. The van der Waals surface area contributed by atoms with E-state index < -0.39 is 0 Å². The van der Waals surface area contributed by atoms with Crippen molar-refractivity contribution in [2.45, 2.75) is 0 Å². The maximum Gasteiger partial charge on any atom is 0.167 e. The Balaban J connectivity index is 0.979. The van der Waals surface area contributed by atoms with E-state index in [2.05, 4.69) is 114 Å². The van der Waals surface area contributed by atoms with E-state index in [9.17, 15) is 0 Å². The summed E-state index contributed by atoms with van der Waals surface area (Å²) in [5, 5.41) is 6.63. The monoisotopic (exact) mass is 730 g/mol. The van der Waals surface area contributed by atoms with Crippen molar-refractivity contribution in [1.29, 1.82) is 0 Å². The molecule has 0 saturated carbocycles. The van der Waals surface area contributed by atoms with Gasteiger partial charge in [-0.15, -0.1) is 0 Å². The van der Waals surface area contributed by atoms with Gasteiger partial charge < -0.3 is 13.4 Å². The topological polar surface area (TPSA) is 69.9 Å². The predicted molar refractivity (Wildman–Crippen MR) is 230 cm³/mol. The summed E-state index contributed by atoms with van der Waals surface area (Å²) in [4.78, 5) is 14.9. The van der Waals surface area contributed by atoms with Crippen molar-refractivity contribution in [3.8, 4) is 51.0 Å². The normalized spacial score (nSPS) is 11.9. The van der Waals surface area contributed by atoms with Crippen LogP contribution in [0.5, 0.6) is 0 Å². The summed E-state index contributed by atoms with van der Waals surface area (Å²) in [6, 6.07) is 62.6. The van der Waals surface area contributed by atoms with Crippen molar-refractivity contribution in [2.75, 3.05) is 0 Å². The maximum atomic E-state index is 6.79. The molecule has 12 rings (SSSR count). The smallest absolute Gasteiger partial charge is 0.167 e. The number of furan rings is 2. The second kappa shape index (κ2) is 12.3. The third-order valence-electron chi connectivity index (χ3n) is 11.1. The van der Waals surface area contributed by atoms with Crippen molar-refractivity contribution < 1.29 is 8.83 Å². The fraction of sp³-hybridized carbons (Fsp3) is 0. The Morgan fingerprint density at radius 1 is 0.333 bits per heavy atom. The summed E-state index contributed by atoms with van der Waals surface area (Å²) in [6.45, 7) is 0. The molecule has 0 N–H and O–H groups in total. The highest BCUT2D eigenvalue weighted by Gasteiger charge is 2.20. The molecule has 4 aromatic heterocycles. The van der Waals surface area contributed by atoms with Gasteiger partial charge in [0, 0.05) is 43.4 Å². The predicted octanol–water partition coefficient (Wildman–Crippen LogP) is 13.4. The lowest BCUT2D eigenvalue weighted by Gasteiger charge is -2.08. The molecule has 12 aromatic rings. The third kappa shape index (κ3) is 4.94. The van der Waals surface area contributed by atoms with Crippen LogP contribution >= 0.6 is 0 Å². The van der Waals surface area contributed by atoms with Gasteiger partial charge in [-0.1, -0.05) is 133 Å². The van der Waals surface area contributed by atoms with Crippen LogP contribution in [0.1, 0.15) is 0 Å². The minimum absolute atomic E-state index is 0.559. The molecule has 0 fully saturated rings. The number of hydrogen-bond donors (Lipinski definition) is 0. The van der Waals surface area contributed by atoms with Gasteiger partial charge in [-0.2, -0.15) is 0 Å². The van der Waals surface area contributed by atoms with Gasteiger partial charge in [-0.25, -0.2) is 15.0 Å².